The van der Waals surface area contributed by atoms with Gasteiger partial charge in [0.05, 0.1) is 11.3 Å². The maximum absolute atomic E-state index is 13.5. The highest BCUT2D eigenvalue weighted by Gasteiger charge is 2.65. The molecular formula is C28H32F3NO2. The van der Waals surface area contributed by atoms with Crippen molar-refractivity contribution in [1.29, 1.82) is 0 Å². The Morgan fingerprint density at radius 2 is 1.82 bits per heavy atom. The van der Waals surface area contributed by atoms with Crippen LogP contribution in [0.3, 0.4) is 0 Å². The lowest BCUT2D eigenvalue weighted by Gasteiger charge is -2.57. The molecule has 0 bridgehead atoms. The summed E-state index contributed by atoms with van der Waals surface area (Å²) in [7, 11) is 0. The van der Waals surface area contributed by atoms with Gasteiger partial charge in [-0.15, -0.1) is 0 Å². The zero-order chi connectivity index (χ0) is 24.0. The highest BCUT2D eigenvalue weighted by Crippen LogP contribution is 2.73. The summed E-state index contributed by atoms with van der Waals surface area (Å²) in [5, 5.41) is 2.66. The molecule has 0 spiro atoms. The first-order valence-corrected chi connectivity index (χ1v) is 12.8. The van der Waals surface area contributed by atoms with Crippen LogP contribution in [0, 0.1) is 40.4 Å². The Bertz CT molecular complexity index is 1110. The molecule has 5 aliphatic rings. The van der Waals surface area contributed by atoms with Crippen molar-refractivity contribution in [2.75, 3.05) is 5.32 Å². The molecule has 3 nitrogen and oxygen atoms in total. The predicted molar refractivity (Wildman–Crippen MR) is 123 cm³/mol. The smallest absolute Gasteiger partial charge is 0.325 e. The van der Waals surface area contributed by atoms with E-state index >= 15 is 0 Å². The Labute approximate surface area is 198 Å². The fourth-order valence-corrected chi connectivity index (χ4v) is 8.81. The third-order valence-corrected chi connectivity index (χ3v) is 10.5. The van der Waals surface area contributed by atoms with Gasteiger partial charge in [0.15, 0.2) is 0 Å². The number of anilines is 1. The number of benzene rings is 1. The highest BCUT2D eigenvalue weighted by molar-refractivity contribution is 5.94. The zero-order valence-electron chi connectivity index (χ0n) is 19.8. The summed E-state index contributed by atoms with van der Waals surface area (Å²) >= 11 is 0. The average Bonchev–Trinajstić information content (AvgIpc) is 3.48. The van der Waals surface area contributed by atoms with Gasteiger partial charge in [0.2, 0.25) is 5.91 Å². The molecule has 182 valence electrons. The van der Waals surface area contributed by atoms with Crippen molar-refractivity contribution < 1.29 is 22.8 Å². The number of alkyl halides is 3. The highest BCUT2D eigenvalue weighted by atomic mass is 19.4. The lowest BCUT2D eigenvalue weighted by Crippen LogP contribution is -2.51. The molecule has 0 aliphatic heterocycles. The molecule has 1 amide bonds. The molecule has 0 aromatic heterocycles. The predicted octanol–water partition coefficient (Wildman–Crippen LogP) is 6.79. The van der Waals surface area contributed by atoms with E-state index in [1.807, 2.05) is 0 Å². The molecule has 0 heterocycles. The number of hydrogen-bond acceptors (Lipinski definition) is 2. The van der Waals surface area contributed by atoms with E-state index < -0.39 is 11.7 Å². The Kier molecular flexibility index (Phi) is 4.74. The summed E-state index contributed by atoms with van der Waals surface area (Å²) in [6.07, 6.45) is 2.51. The largest absolute Gasteiger partial charge is 0.418 e. The monoisotopic (exact) mass is 471 g/mol. The Morgan fingerprint density at radius 3 is 2.59 bits per heavy atom. The topological polar surface area (TPSA) is 46.2 Å². The van der Waals surface area contributed by atoms with Gasteiger partial charge in [0.1, 0.15) is 5.78 Å². The van der Waals surface area contributed by atoms with E-state index in [9.17, 15) is 22.8 Å². The molecule has 5 aliphatic carbocycles. The maximum Gasteiger partial charge on any atom is 0.418 e. The number of fused-ring (bicyclic) bond motifs is 7. The van der Waals surface area contributed by atoms with Gasteiger partial charge in [0.25, 0.3) is 0 Å². The summed E-state index contributed by atoms with van der Waals surface area (Å²) in [6, 6.07) is 5.26. The SMILES string of the molecule is C[C@]12CCC(=O)CC1=C1C[C@H]1C1C2CC[C@@]2(C)C1CC[C@@H]2C(=O)Nc1ccccc1C(F)(F)F. The van der Waals surface area contributed by atoms with Crippen LogP contribution in [0.15, 0.2) is 35.4 Å². The Hall–Kier alpha value is -2.11. The second-order valence-corrected chi connectivity index (χ2v) is 11.9. The first-order chi connectivity index (χ1) is 16.0. The van der Waals surface area contributed by atoms with Gasteiger partial charge in [0, 0.05) is 18.8 Å². The maximum atomic E-state index is 13.5. The van der Waals surface area contributed by atoms with Gasteiger partial charge >= 0.3 is 6.18 Å². The molecule has 4 saturated carbocycles. The van der Waals surface area contributed by atoms with Crippen molar-refractivity contribution >= 4 is 17.4 Å². The second-order valence-electron chi connectivity index (χ2n) is 11.9. The number of para-hydroxylation sites is 1. The van der Waals surface area contributed by atoms with Gasteiger partial charge in [-0.2, -0.15) is 13.2 Å². The van der Waals surface area contributed by atoms with Crippen molar-refractivity contribution in [1.82, 2.24) is 0 Å². The second kappa shape index (κ2) is 7.20. The summed E-state index contributed by atoms with van der Waals surface area (Å²) in [5.74, 6) is 1.90. The first-order valence-electron chi connectivity index (χ1n) is 12.8. The number of carbonyl (C=O) groups excluding carboxylic acids is 2. The summed E-state index contributed by atoms with van der Waals surface area (Å²) in [5.41, 5.74) is 1.94. The standard InChI is InChI=1S/C28H32F3NO2/c1-26-12-10-20-24(17-14-16(17)22-13-15(33)9-11-27(20,22)2)19(26)7-8-21(26)25(34)32-23-6-4-3-5-18(23)28(29,30)31/h3-6,17,19-21,24H,7-14H2,1-2H3,(H,32,34)/t17-,19?,20?,21-,24?,26+,27-/m1/s1. The van der Waals surface area contributed by atoms with Gasteiger partial charge in [-0.25, -0.2) is 0 Å². The number of Topliss-reactive ketones (excluding diaryl/α,β-unsaturated/α-hetero) is 1. The third kappa shape index (κ3) is 3.09. The number of nitrogens with one attached hydrogen (secondary N) is 1. The first kappa shape index (κ1) is 22.4. The van der Waals surface area contributed by atoms with Crippen LogP contribution in [0.5, 0.6) is 0 Å². The van der Waals surface area contributed by atoms with Crippen molar-refractivity contribution in [2.24, 2.45) is 40.4 Å². The number of allylic oxidation sites excluding steroid dienone is 2. The number of rotatable bonds is 2. The quantitative estimate of drug-likeness (QED) is 0.483. The molecule has 7 atom stereocenters. The van der Waals surface area contributed by atoms with E-state index in [0.717, 1.165) is 44.6 Å². The van der Waals surface area contributed by atoms with Crippen molar-refractivity contribution in [3.8, 4) is 0 Å². The van der Waals surface area contributed by atoms with E-state index in [-0.39, 0.29) is 28.3 Å². The minimum atomic E-state index is -4.50. The lowest BCUT2D eigenvalue weighted by molar-refractivity contribution is -0.137. The van der Waals surface area contributed by atoms with Crippen LogP contribution in [0.2, 0.25) is 0 Å². The molecule has 0 saturated heterocycles. The molecule has 1 N–H and O–H groups in total. The zero-order valence-corrected chi connectivity index (χ0v) is 19.8. The van der Waals surface area contributed by atoms with Crippen LogP contribution in [0.25, 0.3) is 0 Å². The van der Waals surface area contributed by atoms with Crippen LogP contribution in [-0.2, 0) is 15.8 Å². The lowest BCUT2D eigenvalue weighted by atomic mass is 9.47. The van der Waals surface area contributed by atoms with E-state index in [1.165, 1.54) is 29.3 Å². The molecule has 3 unspecified atom stereocenters. The van der Waals surface area contributed by atoms with Crippen LogP contribution in [-0.4, -0.2) is 11.7 Å². The van der Waals surface area contributed by atoms with Crippen molar-refractivity contribution in [2.45, 2.75) is 71.4 Å². The minimum Gasteiger partial charge on any atom is -0.325 e. The third-order valence-electron chi connectivity index (χ3n) is 10.5. The number of carbonyl (C=O) groups is 2. The van der Waals surface area contributed by atoms with Gasteiger partial charge in [-0.3, -0.25) is 9.59 Å². The Morgan fingerprint density at radius 1 is 1.06 bits per heavy atom. The minimum absolute atomic E-state index is 0.105. The molecule has 34 heavy (non-hydrogen) atoms. The number of amides is 1. The van der Waals surface area contributed by atoms with E-state index in [0.29, 0.717) is 42.3 Å². The molecule has 1 aromatic rings. The number of ketones is 1. The normalized spacial score (nSPS) is 40.7. The van der Waals surface area contributed by atoms with E-state index in [2.05, 4.69) is 19.2 Å². The number of hydrogen-bond donors (Lipinski definition) is 1. The number of halogens is 3. The average molecular weight is 472 g/mol. The molecule has 1 aromatic carbocycles. The van der Waals surface area contributed by atoms with E-state index in [4.69, 9.17) is 0 Å². The summed E-state index contributed by atoms with van der Waals surface area (Å²) < 4.78 is 40.4. The van der Waals surface area contributed by atoms with Crippen LogP contribution in [0.4, 0.5) is 18.9 Å². The van der Waals surface area contributed by atoms with Gasteiger partial charge in [-0.1, -0.05) is 37.1 Å². The Balaban J connectivity index is 1.27. The summed E-state index contributed by atoms with van der Waals surface area (Å²) in [6.45, 7) is 4.60. The fraction of sp³-hybridized carbons (Fsp3) is 0.643. The van der Waals surface area contributed by atoms with Gasteiger partial charge in [-0.05, 0) is 85.2 Å². The van der Waals surface area contributed by atoms with Crippen molar-refractivity contribution in [3.05, 3.63) is 41.0 Å². The van der Waals surface area contributed by atoms with Gasteiger partial charge < -0.3 is 5.32 Å². The fourth-order valence-electron chi connectivity index (χ4n) is 8.81. The molecular weight excluding hydrogens is 439 g/mol. The van der Waals surface area contributed by atoms with Crippen LogP contribution >= 0.6 is 0 Å². The summed E-state index contributed by atoms with van der Waals surface area (Å²) in [4.78, 5) is 25.6. The molecule has 6 rings (SSSR count). The van der Waals surface area contributed by atoms with Crippen LogP contribution < -0.4 is 5.32 Å². The van der Waals surface area contributed by atoms with Crippen LogP contribution in [0.1, 0.15) is 70.8 Å². The van der Waals surface area contributed by atoms with Crippen molar-refractivity contribution in [3.63, 3.8) is 0 Å². The molecule has 0 radical (unpaired) electrons. The molecule has 4 fully saturated rings. The molecule has 6 heteroatoms. The van der Waals surface area contributed by atoms with E-state index in [1.54, 1.807) is 0 Å².